The van der Waals surface area contributed by atoms with Crippen LogP contribution in [0, 0.1) is 19.7 Å². The normalized spacial score (nSPS) is 16.0. The number of carbonyl (C=O) groups is 2. The first-order valence-corrected chi connectivity index (χ1v) is 10.6. The molecule has 1 saturated heterocycles. The summed E-state index contributed by atoms with van der Waals surface area (Å²) in [5, 5.41) is 2.70. The Morgan fingerprint density at radius 3 is 2.43 bits per heavy atom. The Morgan fingerprint density at radius 2 is 1.73 bits per heavy atom. The standard InChI is InChI=1S/C24H21FN2O2S/c1-15-3-4-16(2)21(13-15)27-22(28)14-30-24(27)18-7-11-20(12-8-18)26-23(29)17-5-9-19(25)10-6-17/h3-13,24H,14H2,1-2H3,(H,26,29)/t24-/m1/s1. The van der Waals surface area contributed by atoms with E-state index in [1.165, 1.54) is 24.3 Å². The molecule has 4 nitrogen and oxygen atoms in total. The van der Waals surface area contributed by atoms with Crippen LogP contribution >= 0.6 is 11.8 Å². The zero-order chi connectivity index (χ0) is 21.3. The van der Waals surface area contributed by atoms with Gasteiger partial charge < -0.3 is 5.32 Å². The van der Waals surface area contributed by atoms with E-state index in [1.807, 2.05) is 61.2 Å². The monoisotopic (exact) mass is 420 g/mol. The van der Waals surface area contributed by atoms with Crippen molar-refractivity contribution in [1.82, 2.24) is 0 Å². The largest absolute Gasteiger partial charge is 0.322 e. The van der Waals surface area contributed by atoms with Crippen LogP contribution < -0.4 is 10.2 Å². The smallest absolute Gasteiger partial charge is 0.255 e. The maximum atomic E-state index is 13.0. The summed E-state index contributed by atoms with van der Waals surface area (Å²) in [6.45, 7) is 4.03. The molecule has 0 unspecified atom stereocenters. The summed E-state index contributed by atoms with van der Waals surface area (Å²) in [6.07, 6.45) is 0. The average Bonchev–Trinajstić information content (AvgIpc) is 3.12. The lowest BCUT2D eigenvalue weighted by atomic mass is 10.1. The molecule has 3 aromatic carbocycles. The molecule has 1 N–H and O–H groups in total. The number of aryl methyl sites for hydroxylation is 2. The SMILES string of the molecule is Cc1ccc(C)c(N2C(=O)CS[C@@H]2c2ccc(NC(=O)c3ccc(F)cc3)cc2)c1. The Labute approximate surface area is 179 Å². The van der Waals surface area contributed by atoms with Crippen molar-refractivity contribution < 1.29 is 14.0 Å². The fourth-order valence-corrected chi connectivity index (χ4v) is 4.61. The van der Waals surface area contributed by atoms with Gasteiger partial charge in [0.1, 0.15) is 11.2 Å². The minimum Gasteiger partial charge on any atom is -0.322 e. The van der Waals surface area contributed by atoms with Gasteiger partial charge >= 0.3 is 0 Å². The van der Waals surface area contributed by atoms with Crippen LogP contribution in [0.1, 0.15) is 32.4 Å². The molecule has 0 spiro atoms. The van der Waals surface area contributed by atoms with Crippen LogP contribution in [-0.4, -0.2) is 17.6 Å². The van der Waals surface area contributed by atoms with Crippen molar-refractivity contribution in [3.8, 4) is 0 Å². The number of hydrogen-bond donors (Lipinski definition) is 1. The minimum atomic E-state index is -0.382. The third kappa shape index (κ3) is 4.09. The fourth-order valence-electron chi connectivity index (χ4n) is 3.45. The third-order valence-electron chi connectivity index (χ3n) is 5.05. The van der Waals surface area contributed by atoms with Crippen LogP contribution in [0.2, 0.25) is 0 Å². The van der Waals surface area contributed by atoms with Crippen molar-refractivity contribution in [2.75, 3.05) is 16.0 Å². The lowest BCUT2D eigenvalue weighted by Gasteiger charge is -2.26. The summed E-state index contributed by atoms with van der Waals surface area (Å²) >= 11 is 1.59. The highest BCUT2D eigenvalue weighted by Crippen LogP contribution is 2.43. The van der Waals surface area contributed by atoms with Gasteiger partial charge in [0, 0.05) is 16.9 Å². The van der Waals surface area contributed by atoms with Crippen LogP contribution in [-0.2, 0) is 4.79 Å². The summed E-state index contributed by atoms with van der Waals surface area (Å²) in [5.74, 6) is -0.160. The minimum absolute atomic E-state index is 0.0902. The van der Waals surface area contributed by atoms with Crippen molar-refractivity contribution in [1.29, 1.82) is 0 Å². The predicted molar refractivity (Wildman–Crippen MR) is 119 cm³/mol. The van der Waals surface area contributed by atoms with Crippen molar-refractivity contribution in [2.24, 2.45) is 0 Å². The van der Waals surface area contributed by atoms with Gasteiger partial charge in [-0.1, -0.05) is 24.3 Å². The summed E-state index contributed by atoms with van der Waals surface area (Å²) in [7, 11) is 0. The van der Waals surface area contributed by atoms with Crippen molar-refractivity contribution >= 4 is 35.0 Å². The molecule has 3 aromatic rings. The lowest BCUT2D eigenvalue weighted by molar-refractivity contribution is -0.115. The zero-order valence-electron chi connectivity index (χ0n) is 16.7. The highest BCUT2D eigenvalue weighted by atomic mass is 32.2. The molecule has 30 heavy (non-hydrogen) atoms. The van der Waals surface area contributed by atoms with Crippen LogP contribution in [0.3, 0.4) is 0 Å². The van der Waals surface area contributed by atoms with Crippen molar-refractivity contribution in [3.63, 3.8) is 0 Å². The third-order valence-corrected chi connectivity index (χ3v) is 6.26. The number of benzene rings is 3. The first-order valence-electron chi connectivity index (χ1n) is 9.60. The molecule has 152 valence electrons. The van der Waals surface area contributed by atoms with Gasteiger partial charge in [0.15, 0.2) is 0 Å². The van der Waals surface area contributed by atoms with E-state index in [1.54, 1.807) is 11.8 Å². The number of thioether (sulfide) groups is 1. The van der Waals surface area contributed by atoms with E-state index < -0.39 is 0 Å². The number of hydrogen-bond acceptors (Lipinski definition) is 3. The quantitative estimate of drug-likeness (QED) is 0.609. The van der Waals surface area contributed by atoms with Gasteiger partial charge in [-0.2, -0.15) is 0 Å². The number of rotatable bonds is 4. The zero-order valence-corrected chi connectivity index (χ0v) is 17.5. The van der Waals surface area contributed by atoms with E-state index in [-0.39, 0.29) is 23.0 Å². The topological polar surface area (TPSA) is 49.4 Å². The fraction of sp³-hybridized carbons (Fsp3) is 0.167. The molecule has 1 heterocycles. The number of amides is 2. The summed E-state index contributed by atoms with van der Waals surface area (Å²) in [5.41, 5.74) is 5.12. The van der Waals surface area contributed by atoms with E-state index in [0.29, 0.717) is 17.0 Å². The Bertz CT molecular complexity index is 1100. The van der Waals surface area contributed by atoms with Crippen LogP contribution in [0.25, 0.3) is 0 Å². The Kier molecular flexibility index (Phi) is 5.59. The van der Waals surface area contributed by atoms with Gasteiger partial charge in [-0.25, -0.2) is 4.39 Å². The Morgan fingerprint density at radius 1 is 1.03 bits per heavy atom. The van der Waals surface area contributed by atoms with Gasteiger partial charge in [0.2, 0.25) is 5.91 Å². The van der Waals surface area contributed by atoms with Gasteiger partial charge in [-0.15, -0.1) is 11.8 Å². The van der Waals surface area contributed by atoms with Gasteiger partial charge in [0.05, 0.1) is 5.75 Å². The molecule has 2 amide bonds. The summed E-state index contributed by atoms with van der Waals surface area (Å²) < 4.78 is 13.0. The molecule has 1 aliphatic rings. The number of anilines is 2. The maximum Gasteiger partial charge on any atom is 0.255 e. The first-order chi connectivity index (χ1) is 14.4. The average molecular weight is 421 g/mol. The van der Waals surface area contributed by atoms with Gasteiger partial charge in [-0.3, -0.25) is 14.5 Å². The van der Waals surface area contributed by atoms with E-state index in [4.69, 9.17) is 0 Å². The molecular formula is C24H21FN2O2S. The van der Waals surface area contributed by atoms with Crippen LogP contribution in [0.5, 0.6) is 0 Å². The highest BCUT2D eigenvalue weighted by molar-refractivity contribution is 8.00. The molecule has 0 radical (unpaired) electrons. The molecule has 1 atom stereocenters. The van der Waals surface area contributed by atoms with Gasteiger partial charge in [0.25, 0.3) is 5.91 Å². The van der Waals surface area contributed by atoms with Crippen LogP contribution in [0.15, 0.2) is 66.7 Å². The number of nitrogens with zero attached hydrogens (tertiary/aromatic N) is 1. The van der Waals surface area contributed by atoms with E-state index in [0.717, 1.165) is 22.4 Å². The van der Waals surface area contributed by atoms with E-state index in [9.17, 15) is 14.0 Å². The molecule has 1 fully saturated rings. The van der Waals surface area contributed by atoms with Crippen LogP contribution in [0.4, 0.5) is 15.8 Å². The second-order valence-electron chi connectivity index (χ2n) is 7.30. The molecule has 6 heteroatoms. The lowest BCUT2D eigenvalue weighted by Crippen LogP contribution is -2.28. The molecule has 0 aliphatic carbocycles. The molecule has 1 aliphatic heterocycles. The molecule has 0 bridgehead atoms. The Hall–Kier alpha value is -3.12. The van der Waals surface area contributed by atoms with Crippen molar-refractivity contribution in [2.45, 2.75) is 19.2 Å². The number of carbonyl (C=O) groups excluding carboxylic acids is 2. The number of nitrogens with one attached hydrogen (secondary N) is 1. The van der Waals surface area contributed by atoms with E-state index in [2.05, 4.69) is 5.32 Å². The molecule has 0 aromatic heterocycles. The van der Waals surface area contributed by atoms with E-state index >= 15 is 0 Å². The second kappa shape index (κ2) is 8.32. The molecule has 0 saturated carbocycles. The summed E-state index contributed by atoms with van der Waals surface area (Å²) in [6, 6.07) is 19.0. The number of halogens is 1. The molecular weight excluding hydrogens is 399 g/mol. The van der Waals surface area contributed by atoms with Gasteiger partial charge in [-0.05, 0) is 73.0 Å². The summed E-state index contributed by atoms with van der Waals surface area (Å²) in [4.78, 5) is 26.8. The van der Waals surface area contributed by atoms with Crippen molar-refractivity contribution in [3.05, 3.63) is 94.8 Å². The predicted octanol–water partition coefficient (Wildman–Crippen LogP) is 5.47. The molecule has 4 rings (SSSR count). The highest BCUT2D eigenvalue weighted by Gasteiger charge is 2.34. The Balaban J connectivity index is 1.54. The second-order valence-corrected chi connectivity index (χ2v) is 8.37. The first kappa shape index (κ1) is 20.2. The maximum absolute atomic E-state index is 13.0.